The molecule has 0 aliphatic heterocycles. The van der Waals surface area contributed by atoms with Gasteiger partial charge in [0.15, 0.2) is 0 Å². The zero-order valence-corrected chi connectivity index (χ0v) is 9.49. The molecule has 1 rings (SSSR count). The van der Waals surface area contributed by atoms with Gasteiger partial charge in [0.05, 0.1) is 5.33 Å². The number of rotatable bonds is 2. The topological polar surface area (TPSA) is 37.3 Å². The number of halogens is 1. The summed E-state index contributed by atoms with van der Waals surface area (Å²) in [4.78, 5) is 10.4. The summed E-state index contributed by atoms with van der Waals surface area (Å²) in [5, 5.41) is 9.11. The SMILES string of the molecule is O=C(O)/C=C/c1ccccc1C#CCBr. The van der Waals surface area contributed by atoms with Crippen molar-refractivity contribution in [1.29, 1.82) is 0 Å². The Labute approximate surface area is 96.8 Å². The molecule has 0 aliphatic carbocycles. The average molecular weight is 265 g/mol. The summed E-state index contributed by atoms with van der Waals surface area (Å²) in [5.41, 5.74) is 1.64. The first-order valence-electron chi connectivity index (χ1n) is 4.29. The number of aliphatic carboxylic acids is 1. The lowest BCUT2D eigenvalue weighted by Crippen LogP contribution is -1.87. The maximum Gasteiger partial charge on any atom is 0.328 e. The van der Waals surface area contributed by atoms with Gasteiger partial charge in [0.25, 0.3) is 0 Å². The summed E-state index contributed by atoms with van der Waals surface area (Å²) < 4.78 is 0. The first-order chi connectivity index (χ1) is 7.24. The summed E-state index contributed by atoms with van der Waals surface area (Å²) in [6, 6.07) is 7.41. The number of hydrogen-bond donors (Lipinski definition) is 1. The molecule has 15 heavy (non-hydrogen) atoms. The molecule has 3 heteroatoms. The highest BCUT2D eigenvalue weighted by atomic mass is 79.9. The second kappa shape index (κ2) is 6.05. The number of hydrogen-bond acceptors (Lipinski definition) is 1. The molecule has 1 aromatic carbocycles. The van der Waals surface area contributed by atoms with Crippen molar-refractivity contribution in [1.82, 2.24) is 0 Å². The smallest absolute Gasteiger partial charge is 0.328 e. The van der Waals surface area contributed by atoms with Crippen molar-refractivity contribution in [3.8, 4) is 11.8 Å². The third-order valence-corrected chi connectivity index (χ3v) is 1.94. The number of benzene rings is 1. The van der Waals surface area contributed by atoms with E-state index in [1.54, 1.807) is 6.08 Å². The van der Waals surface area contributed by atoms with E-state index in [1.807, 2.05) is 24.3 Å². The third kappa shape index (κ3) is 4.01. The molecular weight excluding hydrogens is 256 g/mol. The van der Waals surface area contributed by atoms with Gasteiger partial charge >= 0.3 is 5.97 Å². The Balaban J connectivity index is 3.01. The van der Waals surface area contributed by atoms with Crippen LogP contribution in [0.25, 0.3) is 6.08 Å². The minimum absolute atomic E-state index is 0.601. The number of carbonyl (C=O) groups is 1. The first kappa shape index (κ1) is 11.5. The summed E-state index contributed by atoms with van der Waals surface area (Å²) >= 11 is 3.21. The van der Waals surface area contributed by atoms with Crippen molar-refractivity contribution in [2.75, 3.05) is 5.33 Å². The van der Waals surface area contributed by atoms with Crippen molar-refractivity contribution < 1.29 is 9.90 Å². The van der Waals surface area contributed by atoms with Crippen LogP contribution >= 0.6 is 15.9 Å². The van der Waals surface area contributed by atoms with Crippen LogP contribution in [0, 0.1) is 11.8 Å². The number of alkyl halides is 1. The molecule has 0 fully saturated rings. The van der Waals surface area contributed by atoms with Crippen molar-refractivity contribution in [3.63, 3.8) is 0 Å². The van der Waals surface area contributed by atoms with E-state index in [1.165, 1.54) is 0 Å². The molecular formula is C12H9BrO2. The second-order valence-electron chi connectivity index (χ2n) is 2.69. The molecule has 0 unspecified atom stereocenters. The molecule has 2 nitrogen and oxygen atoms in total. The maximum absolute atomic E-state index is 10.4. The van der Waals surface area contributed by atoms with Crippen molar-refractivity contribution in [3.05, 3.63) is 41.5 Å². The predicted octanol–water partition coefficient (Wildman–Crippen LogP) is 2.53. The first-order valence-corrected chi connectivity index (χ1v) is 5.41. The van der Waals surface area contributed by atoms with Gasteiger partial charge in [-0.3, -0.25) is 0 Å². The molecule has 0 radical (unpaired) electrons. The molecule has 0 saturated heterocycles. The van der Waals surface area contributed by atoms with Gasteiger partial charge in [-0.2, -0.15) is 0 Å². The third-order valence-electron chi connectivity index (χ3n) is 1.66. The summed E-state index contributed by atoms with van der Waals surface area (Å²) in [5.74, 6) is 4.86. The fourth-order valence-corrected chi connectivity index (χ4v) is 1.19. The zero-order valence-electron chi connectivity index (χ0n) is 7.90. The maximum atomic E-state index is 10.4. The van der Waals surface area contributed by atoms with Crippen LogP contribution in [0.5, 0.6) is 0 Å². The highest BCUT2D eigenvalue weighted by molar-refractivity contribution is 9.09. The van der Waals surface area contributed by atoms with E-state index in [-0.39, 0.29) is 0 Å². The van der Waals surface area contributed by atoms with Gasteiger partial charge in [-0.05, 0) is 17.7 Å². The van der Waals surface area contributed by atoms with Gasteiger partial charge in [0.2, 0.25) is 0 Å². The normalized spacial score (nSPS) is 9.67. The largest absolute Gasteiger partial charge is 0.478 e. The van der Waals surface area contributed by atoms with E-state index in [0.717, 1.165) is 17.2 Å². The fourth-order valence-electron chi connectivity index (χ4n) is 1.05. The van der Waals surface area contributed by atoms with Gasteiger partial charge in [0.1, 0.15) is 0 Å². The molecule has 0 atom stereocenters. The molecule has 0 heterocycles. The van der Waals surface area contributed by atoms with Crippen LogP contribution in [0.4, 0.5) is 0 Å². The van der Waals surface area contributed by atoms with Crippen LogP contribution in [0.15, 0.2) is 30.3 Å². The summed E-state index contributed by atoms with van der Waals surface area (Å²) in [7, 11) is 0. The zero-order chi connectivity index (χ0) is 11.1. The fraction of sp³-hybridized carbons (Fsp3) is 0.0833. The molecule has 76 valence electrons. The van der Waals surface area contributed by atoms with E-state index < -0.39 is 5.97 Å². The summed E-state index contributed by atoms with van der Waals surface area (Å²) in [6.45, 7) is 0. The van der Waals surface area contributed by atoms with E-state index in [0.29, 0.717) is 5.33 Å². The molecule has 1 N–H and O–H groups in total. The molecule has 0 aromatic heterocycles. The molecule has 0 aliphatic rings. The summed E-state index contributed by atoms with van der Waals surface area (Å²) in [6.07, 6.45) is 2.65. The minimum Gasteiger partial charge on any atom is -0.478 e. The Morgan fingerprint density at radius 2 is 2.20 bits per heavy atom. The highest BCUT2D eigenvalue weighted by Crippen LogP contribution is 2.09. The van der Waals surface area contributed by atoms with Crippen LogP contribution in [-0.2, 0) is 4.79 Å². The van der Waals surface area contributed by atoms with E-state index in [9.17, 15) is 4.79 Å². The lowest BCUT2D eigenvalue weighted by atomic mass is 10.1. The van der Waals surface area contributed by atoms with Crippen LogP contribution in [0.1, 0.15) is 11.1 Å². The van der Waals surface area contributed by atoms with Crippen molar-refractivity contribution in [2.24, 2.45) is 0 Å². The lowest BCUT2D eigenvalue weighted by Gasteiger charge is -1.96. The Kier molecular flexibility index (Phi) is 4.65. The monoisotopic (exact) mass is 264 g/mol. The number of carboxylic acid groups (broad SMARTS) is 1. The van der Waals surface area contributed by atoms with Gasteiger partial charge in [-0.15, -0.1) is 0 Å². The molecule has 0 amide bonds. The van der Waals surface area contributed by atoms with E-state index in [2.05, 4.69) is 27.8 Å². The Hall–Kier alpha value is -1.53. The quantitative estimate of drug-likeness (QED) is 0.507. The standard InChI is InChI=1S/C12H9BrO2/c13-9-3-6-10-4-1-2-5-11(10)7-8-12(14)15/h1-2,4-5,7-8H,9H2,(H,14,15)/b8-7+. The molecule has 0 spiro atoms. The van der Waals surface area contributed by atoms with Crippen LogP contribution < -0.4 is 0 Å². The lowest BCUT2D eigenvalue weighted by molar-refractivity contribution is -0.131. The highest BCUT2D eigenvalue weighted by Gasteiger charge is 1.95. The predicted molar refractivity (Wildman–Crippen MR) is 63.8 cm³/mol. The van der Waals surface area contributed by atoms with Gasteiger partial charge < -0.3 is 5.11 Å². The molecule has 0 bridgehead atoms. The number of carboxylic acids is 1. The molecule has 0 saturated carbocycles. The van der Waals surface area contributed by atoms with Gasteiger partial charge in [-0.1, -0.05) is 46.0 Å². The van der Waals surface area contributed by atoms with E-state index >= 15 is 0 Å². The van der Waals surface area contributed by atoms with Crippen molar-refractivity contribution in [2.45, 2.75) is 0 Å². The van der Waals surface area contributed by atoms with Crippen LogP contribution in [-0.4, -0.2) is 16.4 Å². The average Bonchev–Trinajstić information content (AvgIpc) is 2.24. The molecule has 1 aromatic rings. The second-order valence-corrected chi connectivity index (χ2v) is 3.25. The van der Waals surface area contributed by atoms with Crippen LogP contribution in [0.2, 0.25) is 0 Å². The van der Waals surface area contributed by atoms with Crippen molar-refractivity contribution >= 4 is 28.0 Å². The van der Waals surface area contributed by atoms with Gasteiger partial charge in [0, 0.05) is 11.6 Å². The van der Waals surface area contributed by atoms with E-state index in [4.69, 9.17) is 5.11 Å². The van der Waals surface area contributed by atoms with Gasteiger partial charge in [-0.25, -0.2) is 4.79 Å². The minimum atomic E-state index is -0.960. The Morgan fingerprint density at radius 3 is 2.87 bits per heavy atom. The van der Waals surface area contributed by atoms with Crippen LogP contribution in [0.3, 0.4) is 0 Å². The Morgan fingerprint density at radius 1 is 1.47 bits per heavy atom. The Bertz CT molecular complexity index is 438.